The van der Waals surface area contributed by atoms with E-state index in [1.54, 1.807) is 26.8 Å². The molecule has 3 rings (SSSR count). The second-order valence-electron chi connectivity index (χ2n) is 9.56. The van der Waals surface area contributed by atoms with Crippen molar-refractivity contribution in [3.63, 3.8) is 0 Å². The van der Waals surface area contributed by atoms with Gasteiger partial charge in [-0.3, -0.25) is 4.79 Å². The summed E-state index contributed by atoms with van der Waals surface area (Å²) >= 11 is 5.84. The third kappa shape index (κ3) is 5.30. The lowest BCUT2D eigenvalue weighted by Crippen LogP contribution is -2.59. The van der Waals surface area contributed by atoms with Crippen molar-refractivity contribution in [1.82, 2.24) is 4.90 Å². The average Bonchev–Trinajstić information content (AvgIpc) is 2.56. The molecule has 1 saturated carbocycles. The van der Waals surface area contributed by atoms with Crippen molar-refractivity contribution >= 4 is 33.0 Å². The minimum Gasteiger partial charge on any atom is -0.326 e. The molecule has 0 bridgehead atoms. The fourth-order valence-corrected chi connectivity index (χ4v) is 5.63. The van der Waals surface area contributed by atoms with Gasteiger partial charge in [0.05, 0.1) is 10.5 Å². The molecular weight excluding hydrogens is 415 g/mol. The summed E-state index contributed by atoms with van der Waals surface area (Å²) < 4.78 is 37.3. The smallest absolute Gasteiger partial charge is 0.227 e. The maximum Gasteiger partial charge on any atom is 0.227 e. The summed E-state index contributed by atoms with van der Waals surface area (Å²) in [4.78, 5) is 14.7. The summed E-state index contributed by atoms with van der Waals surface area (Å²) in [6, 6.07) is 4.02. The van der Waals surface area contributed by atoms with E-state index in [1.807, 2.05) is 0 Å². The number of hydrogen-bond acceptors (Lipinski definition) is 4. The summed E-state index contributed by atoms with van der Waals surface area (Å²) in [6.45, 7) is 7.60. The van der Waals surface area contributed by atoms with Crippen LogP contribution in [0.3, 0.4) is 0 Å². The van der Waals surface area contributed by atoms with Gasteiger partial charge in [-0.1, -0.05) is 11.6 Å². The van der Waals surface area contributed by atoms with Crippen LogP contribution < -0.4 is 5.32 Å². The maximum absolute atomic E-state index is 13.4. The number of carbonyl (C=O) groups is 1. The van der Waals surface area contributed by atoms with Crippen LogP contribution in [0.1, 0.15) is 46.5 Å². The molecule has 1 aromatic rings. The summed E-state index contributed by atoms with van der Waals surface area (Å²) in [6.07, 6.45) is 3.50. The molecule has 29 heavy (non-hydrogen) atoms. The molecular formula is C21H30ClFN2O3S. The monoisotopic (exact) mass is 444 g/mol. The van der Waals surface area contributed by atoms with E-state index < -0.39 is 20.4 Å². The van der Waals surface area contributed by atoms with Crippen LogP contribution >= 0.6 is 11.6 Å². The molecule has 0 unspecified atom stereocenters. The number of carbonyl (C=O) groups excluding carboxylic acids is 1. The van der Waals surface area contributed by atoms with E-state index in [9.17, 15) is 17.6 Å². The van der Waals surface area contributed by atoms with E-state index in [0.717, 1.165) is 38.8 Å². The molecule has 1 spiro atoms. The Bertz CT molecular complexity index is 846. The van der Waals surface area contributed by atoms with Crippen molar-refractivity contribution in [1.29, 1.82) is 0 Å². The van der Waals surface area contributed by atoms with Crippen LogP contribution in [-0.4, -0.2) is 49.4 Å². The molecule has 1 aliphatic heterocycles. The minimum atomic E-state index is -3.10. The Morgan fingerprint density at radius 1 is 1.24 bits per heavy atom. The van der Waals surface area contributed by atoms with Crippen LogP contribution in [0.4, 0.5) is 10.1 Å². The van der Waals surface area contributed by atoms with Gasteiger partial charge >= 0.3 is 0 Å². The standard InChI is InChI=1S/C21H30ClFN2O3S/c1-20(2,3)29(27,28)9-8-25-13-21(14-25)6-4-15(5-7-21)19(26)24-18-11-16(22)10-17(23)12-18/h10-12,15H,4-9,13-14H2,1-3H3,(H,24,26). The predicted octanol–water partition coefficient (Wildman–Crippen LogP) is 4.12. The molecule has 1 amide bonds. The van der Waals surface area contributed by atoms with Gasteiger partial charge in [0.2, 0.25) is 5.91 Å². The normalized spacial score (nSPS) is 20.4. The first-order valence-electron chi connectivity index (χ1n) is 10.1. The number of benzene rings is 1. The van der Waals surface area contributed by atoms with Crippen LogP contribution in [0.5, 0.6) is 0 Å². The van der Waals surface area contributed by atoms with Crippen LogP contribution in [-0.2, 0) is 14.6 Å². The van der Waals surface area contributed by atoms with Crippen LogP contribution in [0.15, 0.2) is 18.2 Å². The van der Waals surface area contributed by atoms with E-state index in [4.69, 9.17) is 11.6 Å². The Hall–Kier alpha value is -1.18. The number of sulfone groups is 1. The van der Waals surface area contributed by atoms with Gasteiger partial charge < -0.3 is 10.2 Å². The minimum absolute atomic E-state index is 0.0852. The molecule has 5 nitrogen and oxygen atoms in total. The van der Waals surface area contributed by atoms with Crippen molar-refractivity contribution in [2.24, 2.45) is 11.3 Å². The Morgan fingerprint density at radius 3 is 2.41 bits per heavy atom. The Balaban J connectivity index is 1.45. The Morgan fingerprint density at radius 2 is 1.86 bits per heavy atom. The Labute approximate surface area is 177 Å². The van der Waals surface area contributed by atoms with Gasteiger partial charge in [0, 0.05) is 36.3 Å². The topological polar surface area (TPSA) is 66.5 Å². The summed E-state index contributed by atoms with van der Waals surface area (Å²) in [7, 11) is -3.10. The number of hydrogen-bond donors (Lipinski definition) is 1. The van der Waals surface area contributed by atoms with E-state index in [2.05, 4.69) is 10.2 Å². The highest BCUT2D eigenvalue weighted by molar-refractivity contribution is 7.92. The second-order valence-corrected chi connectivity index (χ2v) is 12.9. The SMILES string of the molecule is CC(C)(C)S(=O)(=O)CCN1CC2(CCC(C(=O)Nc3cc(F)cc(Cl)c3)CC2)C1. The summed E-state index contributed by atoms with van der Waals surface area (Å²) in [5.41, 5.74) is 0.597. The van der Waals surface area contributed by atoms with Crippen molar-refractivity contribution in [2.75, 3.05) is 30.7 Å². The van der Waals surface area contributed by atoms with Crippen molar-refractivity contribution in [3.05, 3.63) is 29.0 Å². The van der Waals surface area contributed by atoms with Gasteiger partial charge in [0.25, 0.3) is 0 Å². The molecule has 1 saturated heterocycles. The molecule has 8 heteroatoms. The molecule has 1 aromatic carbocycles. The largest absolute Gasteiger partial charge is 0.326 e. The van der Waals surface area contributed by atoms with E-state index >= 15 is 0 Å². The Kier molecular flexibility index (Phi) is 6.33. The average molecular weight is 445 g/mol. The van der Waals surface area contributed by atoms with E-state index in [1.165, 1.54) is 12.1 Å². The van der Waals surface area contributed by atoms with Gasteiger partial charge in [-0.05, 0) is 70.1 Å². The lowest BCUT2D eigenvalue weighted by Gasteiger charge is -2.53. The summed E-state index contributed by atoms with van der Waals surface area (Å²) in [5, 5.41) is 3.03. The van der Waals surface area contributed by atoms with Crippen molar-refractivity contribution < 1.29 is 17.6 Å². The highest BCUT2D eigenvalue weighted by Gasteiger charge is 2.46. The quantitative estimate of drug-likeness (QED) is 0.741. The zero-order valence-corrected chi connectivity index (χ0v) is 18.9. The van der Waals surface area contributed by atoms with Gasteiger partial charge in [0.15, 0.2) is 9.84 Å². The number of nitrogens with zero attached hydrogens (tertiary/aromatic N) is 1. The summed E-state index contributed by atoms with van der Waals surface area (Å²) in [5.74, 6) is -0.459. The van der Waals surface area contributed by atoms with Gasteiger partial charge in [0.1, 0.15) is 5.82 Å². The lowest BCUT2D eigenvalue weighted by atomic mass is 9.66. The molecule has 0 aromatic heterocycles. The highest BCUT2D eigenvalue weighted by atomic mass is 35.5. The van der Waals surface area contributed by atoms with Crippen molar-refractivity contribution in [2.45, 2.75) is 51.2 Å². The molecule has 0 atom stereocenters. The second kappa shape index (κ2) is 8.16. The van der Waals surface area contributed by atoms with E-state index in [0.29, 0.717) is 12.2 Å². The fraction of sp³-hybridized carbons (Fsp3) is 0.667. The maximum atomic E-state index is 13.4. The molecule has 2 fully saturated rings. The fourth-order valence-electron chi connectivity index (χ4n) is 4.29. The lowest BCUT2D eigenvalue weighted by molar-refractivity contribution is -0.123. The molecule has 1 aliphatic carbocycles. The first-order chi connectivity index (χ1) is 13.4. The van der Waals surface area contributed by atoms with Crippen LogP contribution in [0.2, 0.25) is 5.02 Å². The van der Waals surface area contributed by atoms with Gasteiger partial charge in [-0.2, -0.15) is 0 Å². The number of rotatable bonds is 5. The number of anilines is 1. The molecule has 162 valence electrons. The first kappa shape index (κ1) is 22.5. The molecule has 1 N–H and O–H groups in total. The molecule has 1 heterocycles. The van der Waals surface area contributed by atoms with Crippen LogP contribution in [0, 0.1) is 17.2 Å². The first-order valence-corrected chi connectivity index (χ1v) is 12.1. The van der Waals surface area contributed by atoms with Crippen LogP contribution in [0.25, 0.3) is 0 Å². The number of halogens is 2. The van der Waals surface area contributed by atoms with Gasteiger partial charge in [-0.25, -0.2) is 12.8 Å². The van der Waals surface area contributed by atoms with E-state index in [-0.39, 0.29) is 28.0 Å². The number of likely N-dealkylation sites (tertiary alicyclic amines) is 1. The predicted molar refractivity (Wildman–Crippen MR) is 114 cm³/mol. The third-order valence-electron chi connectivity index (χ3n) is 6.27. The number of amides is 1. The van der Waals surface area contributed by atoms with Crippen molar-refractivity contribution in [3.8, 4) is 0 Å². The zero-order valence-electron chi connectivity index (χ0n) is 17.3. The zero-order chi connectivity index (χ0) is 21.4. The van der Waals surface area contributed by atoms with Gasteiger partial charge in [-0.15, -0.1) is 0 Å². The molecule has 0 radical (unpaired) electrons. The third-order valence-corrected chi connectivity index (χ3v) is 9.08. The number of nitrogens with one attached hydrogen (secondary N) is 1. The molecule has 2 aliphatic rings. The highest BCUT2D eigenvalue weighted by Crippen LogP contribution is 2.45.